The summed E-state index contributed by atoms with van der Waals surface area (Å²) in [5.74, 6) is 1.76. The predicted octanol–water partition coefficient (Wildman–Crippen LogP) is 2.51. The van der Waals surface area contributed by atoms with Crippen molar-refractivity contribution in [1.82, 2.24) is 4.90 Å². The molecular weight excluding hydrogens is 226 g/mol. The number of hydrogen-bond acceptors (Lipinski definition) is 3. The maximum Gasteiger partial charge on any atom is 0.164 e. The molecule has 1 atom stereocenters. The molecule has 3 nitrogen and oxygen atoms in total. The van der Waals surface area contributed by atoms with Crippen molar-refractivity contribution in [3.63, 3.8) is 0 Å². The Kier molecular flexibility index (Phi) is 4.12. The van der Waals surface area contributed by atoms with E-state index < -0.39 is 0 Å². The Labute approximate surface area is 110 Å². The molecule has 1 aromatic rings. The van der Waals surface area contributed by atoms with Crippen LogP contribution < -0.4 is 9.47 Å². The fraction of sp³-hybridized carbons (Fsp3) is 0.600. The largest absolute Gasteiger partial charge is 0.493 e. The van der Waals surface area contributed by atoms with Crippen molar-refractivity contribution in [2.45, 2.75) is 32.7 Å². The van der Waals surface area contributed by atoms with Gasteiger partial charge in [-0.3, -0.25) is 0 Å². The first-order valence-corrected chi connectivity index (χ1v) is 6.71. The molecule has 1 unspecified atom stereocenters. The van der Waals surface area contributed by atoms with E-state index in [-0.39, 0.29) is 0 Å². The Bertz CT molecular complexity index is 413. The minimum Gasteiger partial charge on any atom is -0.493 e. The van der Waals surface area contributed by atoms with Crippen LogP contribution in [0.1, 0.15) is 25.0 Å². The van der Waals surface area contributed by atoms with Crippen LogP contribution in [0.2, 0.25) is 0 Å². The minimum atomic E-state index is 0.607. The Morgan fingerprint density at radius 1 is 1.11 bits per heavy atom. The summed E-state index contributed by atoms with van der Waals surface area (Å²) in [5.41, 5.74) is 2.73. The number of rotatable bonds is 5. The number of likely N-dealkylation sites (N-methyl/N-ethyl adjacent to an activating group) is 1. The van der Waals surface area contributed by atoms with E-state index in [2.05, 4.69) is 24.8 Å². The van der Waals surface area contributed by atoms with Gasteiger partial charge in [-0.1, -0.05) is 19.9 Å². The van der Waals surface area contributed by atoms with Gasteiger partial charge in [-0.2, -0.15) is 0 Å². The summed E-state index contributed by atoms with van der Waals surface area (Å²) in [6.07, 6.45) is 2.19. The van der Waals surface area contributed by atoms with Crippen LogP contribution >= 0.6 is 0 Å². The molecule has 1 aromatic carbocycles. The van der Waals surface area contributed by atoms with E-state index in [0.29, 0.717) is 6.04 Å². The maximum atomic E-state index is 5.53. The molecule has 100 valence electrons. The Morgan fingerprint density at radius 2 is 1.83 bits per heavy atom. The molecule has 0 radical (unpaired) electrons. The highest BCUT2D eigenvalue weighted by molar-refractivity contribution is 5.53. The van der Waals surface area contributed by atoms with Crippen molar-refractivity contribution in [1.29, 1.82) is 0 Å². The average Bonchev–Trinajstić information content (AvgIpc) is 2.82. The molecule has 3 heteroatoms. The van der Waals surface area contributed by atoms with Gasteiger partial charge < -0.3 is 14.4 Å². The SMILES string of the molecule is CCN(CC)C1Cc2ccc(OC)c(OC)c2C1. The number of methoxy groups -OCH3 is 2. The molecule has 0 aliphatic heterocycles. The second kappa shape index (κ2) is 5.61. The molecule has 0 spiro atoms. The first-order valence-electron chi connectivity index (χ1n) is 6.71. The van der Waals surface area contributed by atoms with E-state index in [9.17, 15) is 0 Å². The predicted molar refractivity (Wildman–Crippen MR) is 73.7 cm³/mol. The summed E-state index contributed by atoms with van der Waals surface area (Å²) in [6.45, 7) is 6.66. The van der Waals surface area contributed by atoms with Crippen LogP contribution in [0.15, 0.2) is 12.1 Å². The lowest BCUT2D eigenvalue weighted by Gasteiger charge is -2.25. The van der Waals surface area contributed by atoms with Gasteiger partial charge in [0.25, 0.3) is 0 Å². The summed E-state index contributed by atoms with van der Waals surface area (Å²) in [5, 5.41) is 0. The normalized spacial score (nSPS) is 17.9. The lowest BCUT2D eigenvalue weighted by atomic mass is 10.1. The second-order valence-electron chi connectivity index (χ2n) is 4.72. The van der Waals surface area contributed by atoms with Gasteiger partial charge in [0.15, 0.2) is 11.5 Å². The monoisotopic (exact) mass is 249 g/mol. The Morgan fingerprint density at radius 3 is 2.39 bits per heavy atom. The second-order valence-corrected chi connectivity index (χ2v) is 4.72. The maximum absolute atomic E-state index is 5.53. The molecular formula is C15H23NO2. The first-order chi connectivity index (χ1) is 8.74. The van der Waals surface area contributed by atoms with Crippen molar-refractivity contribution in [3.05, 3.63) is 23.3 Å². The molecule has 0 saturated heterocycles. The average molecular weight is 249 g/mol. The van der Waals surface area contributed by atoms with Gasteiger partial charge in [-0.15, -0.1) is 0 Å². The fourth-order valence-corrected chi connectivity index (χ4v) is 3.01. The minimum absolute atomic E-state index is 0.607. The van der Waals surface area contributed by atoms with Gasteiger partial charge in [0.2, 0.25) is 0 Å². The van der Waals surface area contributed by atoms with E-state index in [0.717, 1.165) is 37.4 Å². The van der Waals surface area contributed by atoms with Crippen molar-refractivity contribution in [2.75, 3.05) is 27.3 Å². The van der Waals surface area contributed by atoms with E-state index in [1.165, 1.54) is 11.1 Å². The van der Waals surface area contributed by atoms with Crippen LogP contribution in [0.4, 0.5) is 0 Å². The molecule has 0 N–H and O–H groups in total. The third-order valence-corrected chi connectivity index (χ3v) is 3.97. The van der Waals surface area contributed by atoms with Gasteiger partial charge in [0, 0.05) is 11.6 Å². The highest BCUT2D eigenvalue weighted by Crippen LogP contribution is 2.39. The highest BCUT2D eigenvalue weighted by atomic mass is 16.5. The summed E-state index contributed by atoms with van der Waals surface area (Å²) in [6, 6.07) is 4.80. The van der Waals surface area contributed by atoms with Gasteiger partial charge in [-0.25, -0.2) is 0 Å². The molecule has 0 aromatic heterocycles. The zero-order valence-electron chi connectivity index (χ0n) is 11.8. The van der Waals surface area contributed by atoms with E-state index in [4.69, 9.17) is 9.47 Å². The van der Waals surface area contributed by atoms with E-state index >= 15 is 0 Å². The molecule has 0 heterocycles. The lowest BCUT2D eigenvalue weighted by molar-refractivity contribution is 0.223. The van der Waals surface area contributed by atoms with Crippen molar-refractivity contribution < 1.29 is 9.47 Å². The van der Waals surface area contributed by atoms with Gasteiger partial charge in [-0.05, 0) is 37.6 Å². The molecule has 0 fully saturated rings. The third kappa shape index (κ3) is 2.19. The van der Waals surface area contributed by atoms with Gasteiger partial charge in [0.1, 0.15) is 0 Å². The molecule has 2 rings (SSSR count). The first kappa shape index (κ1) is 13.2. The van der Waals surface area contributed by atoms with Crippen LogP contribution in [0.3, 0.4) is 0 Å². The number of hydrogen-bond donors (Lipinski definition) is 0. The Hall–Kier alpha value is -1.22. The summed E-state index contributed by atoms with van der Waals surface area (Å²) in [4.78, 5) is 2.52. The number of nitrogens with zero attached hydrogens (tertiary/aromatic N) is 1. The summed E-state index contributed by atoms with van der Waals surface area (Å²) >= 11 is 0. The van der Waals surface area contributed by atoms with Crippen molar-refractivity contribution >= 4 is 0 Å². The standard InChI is InChI=1S/C15H23NO2/c1-5-16(6-2)12-9-11-7-8-14(17-3)15(18-4)13(11)10-12/h7-8,12H,5-6,9-10H2,1-4H3. The quantitative estimate of drug-likeness (QED) is 0.800. The Balaban J connectivity index is 2.29. The van der Waals surface area contributed by atoms with Crippen LogP contribution in [0.5, 0.6) is 11.5 Å². The van der Waals surface area contributed by atoms with Gasteiger partial charge >= 0.3 is 0 Å². The van der Waals surface area contributed by atoms with E-state index in [1.807, 2.05) is 6.07 Å². The molecule has 18 heavy (non-hydrogen) atoms. The van der Waals surface area contributed by atoms with E-state index in [1.54, 1.807) is 14.2 Å². The number of benzene rings is 1. The zero-order chi connectivity index (χ0) is 13.1. The fourth-order valence-electron chi connectivity index (χ4n) is 3.01. The lowest BCUT2D eigenvalue weighted by Crippen LogP contribution is -2.35. The van der Waals surface area contributed by atoms with Crippen molar-refractivity contribution in [3.8, 4) is 11.5 Å². The highest BCUT2D eigenvalue weighted by Gasteiger charge is 2.29. The molecule has 0 saturated carbocycles. The van der Waals surface area contributed by atoms with Crippen LogP contribution in [-0.4, -0.2) is 38.3 Å². The topological polar surface area (TPSA) is 21.7 Å². The summed E-state index contributed by atoms with van der Waals surface area (Å²) in [7, 11) is 3.42. The van der Waals surface area contributed by atoms with Gasteiger partial charge in [0.05, 0.1) is 14.2 Å². The van der Waals surface area contributed by atoms with Crippen molar-refractivity contribution in [2.24, 2.45) is 0 Å². The van der Waals surface area contributed by atoms with Crippen LogP contribution in [0.25, 0.3) is 0 Å². The molecule has 0 bridgehead atoms. The molecule has 0 amide bonds. The third-order valence-electron chi connectivity index (χ3n) is 3.97. The molecule has 1 aliphatic carbocycles. The molecule has 1 aliphatic rings. The van der Waals surface area contributed by atoms with Crippen LogP contribution in [0, 0.1) is 0 Å². The summed E-state index contributed by atoms with van der Waals surface area (Å²) < 4.78 is 10.9. The number of ether oxygens (including phenoxy) is 2. The zero-order valence-corrected chi connectivity index (χ0v) is 11.8. The smallest absolute Gasteiger partial charge is 0.164 e. The van der Waals surface area contributed by atoms with Crippen LogP contribution in [-0.2, 0) is 12.8 Å². The number of fused-ring (bicyclic) bond motifs is 1.